The average molecular weight is 498 g/mol. The van der Waals surface area contributed by atoms with E-state index < -0.39 is 23.0 Å². The molecule has 1 aromatic carbocycles. The van der Waals surface area contributed by atoms with Gasteiger partial charge in [0, 0.05) is 39.5 Å². The van der Waals surface area contributed by atoms with E-state index in [4.69, 9.17) is 9.47 Å². The van der Waals surface area contributed by atoms with Gasteiger partial charge >= 0.3 is 5.69 Å². The molecule has 10 heteroatoms. The first-order valence-corrected chi connectivity index (χ1v) is 12.7. The molecule has 3 aliphatic rings. The highest BCUT2D eigenvalue weighted by Gasteiger charge is 2.66. The Morgan fingerprint density at radius 1 is 1.06 bits per heavy atom. The van der Waals surface area contributed by atoms with Crippen molar-refractivity contribution in [2.75, 3.05) is 32.2 Å². The third kappa shape index (κ3) is 4.79. The largest absolute Gasteiger partial charge is 0.377 e. The Balaban J connectivity index is 1.51. The lowest BCUT2D eigenvalue weighted by Gasteiger charge is -2.21. The van der Waals surface area contributed by atoms with Gasteiger partial charge in [0.25, 0.3) is 5.56 Å². The Bertz CT molecular complexity index is 1350. The van der Waals surface area contributed by atoms with Crippen LogP contribution in [0.5, 0.6) is 0 Å². The van der Waals surface area contributed by atoms with E-state index in [2.05, 4.69) is 15.0 Å². The molecule has 0 amide bonds. The summed E-state index contributed by atoms with van der Waals surface area (Å²) in [6.45, 7) is 7.34. The molecule has 1 fully saturated rings. The molecule has 2 unspecified atom stereocenters. The third-order valence-electron chi connectivity index (χ3n) is 6.82. The number of nitrogens with one attached hydrogen (secondary N) is 1. The standard InChI is InChI=1S/C26H35N5O5/c1-6-35-22-21(32)26(22,36-7-2)12-10-8-9-11-13-31-19-15-18(30(4)5)16(3)14-17(19)27-20-23(31)28-25(34)29-24(20)33/h14-15,22H,6-13H2,1-5H3,(H,29,33,34). The van der Waals surface area contributed by atoms with Gasteiger partial charge in [-0.1, -0.05) is 12.8 Å². The van der Waals surface area contributed by atoms with Crippen LogP contribution in [0.4, 0.5) is 5.69 Å². The van der Waals surface area contributed by atoms with Crippen molar-refractivity contribution in [1.29, 1.82) is 0 Å². The number of carbonyl (C=O) groups is 1. The lowest BCUT2D eigenvalue weighted by Crippen LogP contribution is -2.29. The summed E-state index contributed by atoms with van der Waals surface area (Å²) in [6.07, 6.45) is 3.72. The van der Waals surface area contributed by atoms with Gasteiger partial charge in [0.1, 0.15) is 0 Å². The zero-order chi connectivity index (χ0) is 26.0. The first kappa shape index (κ1) is 26.0. The SMILES string of the molecule is CCOC1C(=O)C1(CCCCCCn1c2nc(=O)[nH]c(=O)c-2nc2cc(C)c(N(C)C)cc21)OCC. The fourth-order valence-corrected chi connectivity index (χ4v) is 5.06. The summed E-state index contributed by atoms with van der Waals surface area (Å²) in [5.41, 5.74) is 1.76. The van der Waals surface area contributed by atoms with Crippen molar-refractivity contribution in [2.24, 2.45) is 0 Å². The second-order valence-electron chi connectivity index (χ2n) is 9.51. The first-order chi connectivity index (χ1) is 17.2. The van der Waals surface area contributed by atoms with Crippen molar-refractivity contribution in [3.05, 3.63) is 38.5 Å². The van der Waals surface area contributed by atoms with Crippen LogP contribution in [0.15, 0.2) is 21.7 Å². The van der Waals surface area contributed by atoms with Crippen LogP contribution >= 0.6 is 0 Å². The fraction of sp³-hybridized carbons (Fsp3) is 0.577. The number of anilines is 1. The number of H-pyrrole nitrogens is 1. The molecule has 0 saturated heterocycles. The van der Waals surface area contributed by atoms with Crippen LogP contribution in [0.3, 0.4) is 0 Å². The normalized spacial score (nSPS) is 19.4. The molecule has 2 aliphatic heterocycles. The second kappa shape index (κ2) is 10.5. The van der Waals surface area contributed by atoms with Crippen LogP contribution in [-0.2, 0) is 20.8 Å². The molecule has 1 aromatic rings. The number of Topliss-reactive ketones (excluding diaryl/α,β-unsaturated/α-hetero) is 1. The molecular weight excluding hydrogens is 462 g/mol. The van der Waals surface area contributed by atoms with Gasteiger partial charge in [0.15, 0.2) is 29.0 Å². The number of aromatic nitrogens is 4. The lowest BCUT2D eigenvalue weighted by atomic mass is 10.1. The van der Waals surface area contributed by atoms with Gasteiger partial charge in [-0.3, -0.25) is 14.6 Å². The molecule has 1 aliphatic carbocycles. The summed E-state index contributed by atoms with van der Waals surface area (Å²) in [5.74, 6) is 0.344. The number of unbranched alkanes of at least 4 members (excludes halogenated alkanes) is 3. The number of hydrogen-bond acceptors (Lipinski definition) is 8. The fourth-order valence-electron chi connectivity index (χ4n) is 5.06. The van der Waals surface area contributed by atoms with Crippen LogP contribution in [0.1, 0.15) is 51.5 Å². The van der Waals surface area contributed by atoms with E-state index in [1.54, 1.807) is 0 Å². The molecule has 1 N–H and O–H groups in total. The van der Waals surface area contributed by atoms with Crippen molar-refractivity contribution in [2.45, 2.75) is 71.1 Å². The Kier molecular flexibility index (Phi) is 7.56. The summed E-state index contributed by atoms with van der Waals surface area (Å²) < 4.78 is 13.3. The Morgan fingerprint density at radius 3 is 2.50 bits per heavy atom. The van der Waals surface area contributed by atoms with Crippen LogP contribution in [-0.4, -0.2) is 64.3 Å². The van der Waals surface area contributed by atoms with Crippen molar-refractivity contribution < 1.29 is 14.3 Å². The summed E-state index contributed by atoms with van der Waals surface area (Å²) in [6, 6.07) is 3.99. The number of carbonyl (C=O) groups excluding carboxylic acids is 1. The number of benzene rings is 1. The minimum absolute atomic E-state index is 0.0492. The quantitative estimate of drug-likeness (QED) is 0.300. The highest BCUT2D eigenvalue weighted by molar-refractivity contribution is 6.10. The van der Waals surface area contributed by atoms with E-state index in [1.165, 1.54) is 0 Å². The van der Waals surface area contributed by atoms with Crippen LogP contribution < -0.4 is 16.1 Å². The highest BCUT2D eigenvalue weighted by Crippen LogP contribution is 2.43. The minimum Gasteiger partial charge on any atom is -0.377 e. The lowest BCUT2D eigenvalue weighted by molar-refractivity contribution is -0.118. The first-order valence-electron chi connectivity index (χ1n) is 12.7. The molecule has 10 nitrogen and oxygen atoms in total. The maximum atomic E-state index is 12.5. The van der Waals surface area contributed by atoms with E-state index in [0.29, 0.717) is 37.5 Å². The summed E-state index contributed by atoms with van der Waals surface area (Å²) >= 11 is 0. The Hall–Kier alpha value is -3.11. The van der Waals surface area contributed by atoms with Gasteiger partial charge in [-0.25, -0.2) is 9.78 Å². The van der Waals surface area contributed by atoms with Crippen LogP contribution in [0.25, 0.3) is 22.6 Å². The third-order valence-corrected chi connectivity index (χ3v) is 6.82. The van der Waals surface area contributed by atoms with E-state index in [9.17, 15) is 14.4 Å². The molecule has 1 saturated carbocycles. The van der Waals surface area contributed by atoms with Gasteiger partial charge in [-0.2, -0.15) is 4.98 Å². The van der Waals surface area contributed by atoms with Gasteiger partial charge in [0.2, 0.25) is 0 Å². The number of rotatable bonds is 12. The van der Waals surface area contributed by atoms with Gasteiger partial charge in [-0.15, -0.1) is 0 Å². The van der Waals surface area contributed by atoms with Crippen molar-refractivity contribution in [3.8, 4) is 11.5 Å². The Labute approximate surface area is 210 Å². The number of nitrogens with zero attached hydrogens (tertiary/aromatic N) is 4. The van der Waals surface area contributed by atoms with Crippen LogP contribution in [0.2, 0.25) is 0 Å². The van der Waals surface area contributed by atoms with Crippen molar-refractivity contribution in [1.82, 2.24) is 19.5 Å². The molecule has 0 bridgehead atoms. The maximum absolute atomic E-state index is 12.5. The number of ketones is 1. The smallest absolute Gasteiger partial charge is 0.349 e. The molecule has 4 rings (SSSR count). The zero-order valence-corrected chi connectivity index (χ0v) is 21.7. The van der Waals surface area contributed by atoms with E-state index in [1.807, 2.05) is 56.5 Å². The van der Waals surface area contributed by atoms with Crippen molar-refractivity contribution in [3.63, 3.8) is 0 Å². The molecule has 0 aromatic heterocycles. The van der Waals surface area contributed by atoms with E-state index in [-0.39, 0.29) is 11.5 Å². The van der Waals surface area contributed by atoms with E-state index >= 15 is 0 Å². The maximum Gasteiger partial charge on any atom is 0.349 e. The van der Waals surface area contributed by atoms with Gasteiger partial charge in [-0.05, 0) is 57.7 Å². The topological polar surface area (TPSA) is 119 Å². The molecule has 36 heavy (non-hydrogen) atoms. The Morgan fingerprint density at radius 2 is 1.81 bits per heavy atom. The predicted octanol–water partition coefficient (Wildman–Crippen LogP) is 2.67. The average Bonchev–Trinajstić information content (AvgIpc) is 3.36. The van der Waals surface area contributed by atoms with E-state index in [0.717, 1.165) is 42.5 Å². The summed E-state index contributed by atoms with van der Waals surface area (Å²) in [5, 5.41) is 0. The number of ether oxygens (including phenoxy) is 2. The van der Waals surface area contributed by atoms with Gasteiger partial charge in [0.05, 0.1) is 11.0 Å². The molecular formula is C26H35N5O5. The number of aryl methyl sites for hydroxylation is 2. The van der Waals surface area contributed by atoms with Crippen LogP contribution in [0, 0.1) is 6.92 Å². The minimum atomic E-state index is -0.771. The summed E-state index contributed by atoms with van der Waals surface area (Å²) in [7, 11) is 3.95. The van der Waals surface area contributed by atoms with Crippen molar-refractivity contribution >= 4 is 22.5 Å². The zero-order valence-electron chi connectivity index (χ0n) is 21.7. The summed E-state index contributed by atoms with van der Waals surface area (Å²) in [4.78, 5) is 49.7. The molecule has 0 spiro atoms. The van der Waals surface area contributed by atoms with Gasteiger partial charge < -0.3 is 18.9 Å². The molecule has 194 valence electrons. The number of hydrogen-bond donors (Lipinski definition) is 1. The monoisotopic (exact) mass is 497 g/mol. The highest BCUT2D eigenvalue weighted by atomic mass is 16.6. The molecule has 0 radical (unpaired) electrons. The molecule has 2 heterocycles. The predicted molar refractivity (Wildman–Crippen MR) is 138 cm³/mol. The number of fused-ring (bicyclic) bond motifs is 2. The molecule has 2 atom stereocenters. The number of aromatic amines is 1. The second-order valence-corrected chi connectivity index (χ2v) is 9.51.